The van der Waals surface area contributed by atoms with E-state index >= 15 is 0 Å². The van der Waals surface area contributed by atoms with Gasteiger partial charge in [-0.15, -0.1) is 24.2 Å². The summed E-state index contributed by atoms with van der Waals surface area (Å²) in [4.78, 5) is 32.5. The minimum atomic E-state index is -0.326. The van der Waals surface area contributed by atoms with E-state index < -0.39 is 0 Å². The van der Waals surface area contributed by atoms with Gasteiger partial charge in [0.25, 0.3) is 0 Å². The van der Waals surface area contributed by atoms with Gasteiger partial charge in [-0.3, -0.25) is 0 Å². The summed E-state index contributed by atoms with van der Waals surface area (Å²) in [5, 5.41) is 7.93. The third kappa shape index (κ3) is 5.63. The van der Waals surface area contributed by atoms with Gasteiger partial charge in [0, 0.05) is 11.1 Å². The predicted molar refractivity (Wildman–Crippen MR) is 150 cm³/mol. The first-order valence-electron chi connectivity index (χ1n) is 11.6. The molecule has 7 heteroatoms. The fourth-order valence-corrected chi connectivity index (χ4v) is 3.94. The maximum Gasteiger partial charge on any atom is 2.00 e. The number of benzene rings is 4. The molecule has 0 saturated carbocycles. The molecule has 0 radical (unpaired) electrons. The Morgan fingerprint density at radius 1 is 0.538 bits per heavy atom. The molecule has 2 aliphatic rings. The van der Waals surface area contributed by atoms with Gasteiger partial charge in [0.1, 0.15) is 11.8 Å². The molecule has 6 nitrogen and oxygen atoms in total. The summed E-state index contributed by atoms with van der Waals surface area (Å²) in [7, 11) is 0. The van der Waals surface area contributed by atoms with Gasteiger partial charge in [-0.05, 0) is 35.4 Å². The van der Waals surface area contributed by atoms with Gasteiger partial charge in [0.2, 0.25) is 0 Å². The number of hydrogen-bond donors (Lipinski definition) is 0. The third-order valence-electron chi connectivity index (χ3n) is 5.75. The first-order chi connectivity index (χ1) is 18.6. The summed E-state index contributed by atoms with van der Waals surface area (Å²) in [5.41, 5.74) is 6.05. The molecule has 0 fully saturated rings. The Hall–Kier alpha value is -5.03. The Bertz CT molecular complexity index is 1610. The average molecular weight is 674 g/mol. The second kappa shape index (κ2) is 12.0. The van der Waals surface area contributed by atoms with Crippen LogP contribution >= 0.6 is 0 Å². The van der Waals surface area contributed by atoms with E-state index in [9.17, 15) is 9.59 Å². The van der Waals surface area contributed by atoms with Gasteiger partial charge in [0.15, 0.2) is 0 Å². The zero-order chi connectivity index (χ0) is 26.5. The summed E-state index contributed by atoms with van der Waals surface area (Å²) in [6.07, 6.45) is 10.9. The summed E-state index contributed by atoms with van der Waals surface area (Å²) in [5.74, 6) is 4.47. The zero-order valence-corrected chi connectivity index (χ0v) is 23.3. The Morgan fingerprint density at radius 2 is 0.897 bits per heavy atom. The minimum Gasteiger partial charge on any atom is -0.621 e. The van der Waals surface area contributed by atoms with E-state index in [-0.39, 0.29) is 32.9 Å². The Balaban J connectivity index is 0.000000176. The van der Waals surface area contributed by atoms with Crippen LogP contribution in [0.25, 0.3) is 10.6 Å². The van der Waals surface area contributed by atoms with Crippen LogP contribution < -0.4 is 0 Å². The normalized spacial score (nSPS) is 14.5. The van der Waals surface area contributed by atoms with Crippen molar-refractivity contribution in [1.29, 1.82) is 0 Å². The average Bonchev–Trinajstić information content (AvgIpc) is 3.44. The van der Waals surface area contributed by atoms with Crippen molar-refractivity contribution >= 4 is 46.0 Å². The molecule has 2 amide bonds. The van der Waals surface area contributed by atoms with E-state index in [4.69, 9.17) is 12.8 Å². The monoisotopic (exact) mass is 674 g/mol. The van der Waals surface area contributed by atoms with Crippen molar-refractivity contribution in [1.82, 2.24) is 0 Å². The number of carbonyl (C=O) groups excluding carboxylic acids is 2. The molecule has 0 spiro atoms. The summed E-state index contributed by atoms with van der Waals surface area (Å²) >= 11 is 0. The molecular weight excluding hydrogens is 656 g/mol. The van der Waals surface area contributed by atoms with Crippen LogP contribution in [0.3, 0.4) is 0 Å². The molecule has 0 bridgehead atoms. The van der Waals surface area contributed by atoms with E-state index in [1.165, 1.54) is 0 Å². The molecule has 0 unspecified atom stereocenters. The smallest absolute Gasteiger partial charge is 0.621 e. The molecule has 4 aromatic rings. The molecule has 4 aromatic carbocycles. The molecule has 2 aliphatic heterocycles. The van der Waals surface area contributed by atoms with Crippen LogP contribution in [0.2, 0.25) is 0 Å². The summed E-state index contributed by atoms with van der Waals surface area (Å²) in [6, 6.07) is 29.2. The van der Waals surface area contributed by atoms with Crippen LogP contribution in [-0.4, -0.2) is 23.2 Å². The van der Waals surface area contributed by atoms with Crippen LogP contribution in [0, 0.1) is 24.7 Å². The van der Waals surface area contributed by atoms with Crippen molar-refractivity contribution in [2.75, 3.05) is 0 Å². The van der Waals surface area contributed by atoms with E-state index in [1.54, 1.807) is 36.4 Å². The van der Waals surface area contributed by atoms with Crippen molar-refractivity contribution in [3.63, 3.8) is 0 Å². The van der Waals surface area contributed by atoms with Gasteiger partial charge in [-0.2, -0.15) is 0 Å². The zero-order valence-electron chi connectivity index (χ0n) is 20.4. The van der Waals surface area contributed by atoms with Crippen LogP contribution in [-0.2, 0) is 30.7 Å². The quantitative estimate of drug-likeness (QED) is 0.223. The van der Waals surface area contributed by atoms with Crippen molar-refractivity contribution in [2.24, 2.45) is 9.98 Å². The molecule has 0 N–H and O–H groups in total. The number of amides is 2. The first kappa shape index (κ1) is 27.0. The fraction of sp³-hybridized carbons (Fsp3) is 0. The standard InChI is InChI=1S/2C16H10N2O.W/c2*1-2-11-7-3-5-9-13(11)17-15-12-8-4-6-10-14(12)18-16(15)19;/h2*1,3-10H,(H,17,18,19);/q;;+2/p-2. The van der Waals surface area contributed by atoms with Gasteiger partial charge in [-0.25, -0.2) is 9.98 Å². The number of para-hydroxylation sites is 4. The number of rotatable bonds is 2. The van der Waals surface area contributed by atoms with Gasteiger partial charge in [-0.1, -0.05) is 84.6 Å². The number of aliphatic imine (C=N–C) groups is 2. The molecule has 6 rings (SSSR count). The van der Waals surface area contributed by atoms with E-state index in [0.29, 0.717) is 45.3 Å². The van der Waals surface area contributed by atoms with Crippen LogP contribution in [0.1, 0.15) is 22.3 Å². The topological polar surface area (TPSA) is 87.1 Å². The molecule has 0 aromatic heterocycles. The SMILES string of the molecule is C#Cc1ccccc1N=C1C(=O)[N-]c2ccccc21.C#Cc1ccccc1N=C1C(=O)[N-]c2ccccc21.[W+2]. The molecule has 2 heterocycles. The Morgan fingerprint density at radius 3 is 1.31 bits per heavy atom. The van der Waals surface area contributed by atoms with Crippen LogP contribution in [0.4, 0.5) is 22.7 Å². The number of nitrogens with zero attached hydrogens (tertiary/aromatic N) is 4. The van der Waals surface area contributed by atoms with Crippen LogP contribution in [0.5, 0.6) is 0 Å². The number of fused-ring (bicyclic) bond motifs is 2. The predicted octanol–water partition coefficient (Wildman–Crippen LogP) is 6.67. The van der Waals surface area contributed by atoms with Crippen molar-refractivity contribution in [3.05, 3.63) is 130 Å². The molecule has 0 saturated heterocycles. The maximum atomic E-state index is 11.9. The maximum absolute atomic E-state index is 11.9. The Kier molecular flexibility index (Phi) is 8.32. The van der Waals surface area contributed by atoms with E-state index in [2.05, 4.69) is 32.5 Å². The molecule has 0 atom stereocenters. The molecular formula is C32H18N4O2W. The fourth-order valence-electron chi connectivity index (χ4n) is 3.94. The van der Waals surface area contributed by atoms with Crippen molar-refractivity contribution in [2.45, 2.75) is 0 Å². The number of hydrogen-bond acceptors (Lipinski definition) is 4. The third-order valence-corrected chi connectivity index (χ3v) is 5.75. The second-order valence-corrected chi connectivity index (χ2v) is 8.11. The van der Waals surface area contributed by atoms with Gasteiger partial charge >= 0.3 is 21.1 Å². The van der Waals surface area contributed by atoms with Crippen molar-refractivity contribution in [3.8, 4) is 24.7 Å². The minimum absolute atomic E-state index is 0. The largest absolute Gasteiger partial charge is 2.00 e. The second-order valence-electron chi connectivity index (χ2n) is 8.11. The summed E-state index contributed by atoms with van der Waals surface area (Å²) in [6.45, 7) is 0. The van der Waals surface area contributed by atoms with Crippen LogP contribution in [0.15, 0.2) is 107 Å². The first-order valence-corrected chi connectivity index (χ1v) is 11.6. The summed E-state index contributed by atoms with van der Waals surface area (Å²) < 4.78 is 0. The van der Waals surface area contributed by atoms with E-state index in [1.807, 2.05) is 60.7 Å². The number of carbonyl (C=O) groups is 2. The Labute approximate surface area is 240 Å². The molecule has 39 heavy (non-hydrogen) atoms. The number of terminal acetylenes is 2. The van der Waals surface area contributed by atoms with Crippen molar-refractivity contribution < 1.29 is 30.7 Å². The molecule has 0 aliphatic carbocycles. The van der Waals surface area contributed by atoms with Gasteiger partial charge < -0.3 is 20.2 Å². The van der Waals surface area contributed by atoms with E-state index in [0.717, 1.165) is 11.1 Å². The molecule has 184 valence electrons. The van der Waals surface area contributed by atoms with Gasteiger partial charge in [0.05, 0.1) is 22.8 Å².